The molecule has 0 bridgehead atoms. The number of aromatic nitrogens is 4. The molecule has 0 unspecified atom stereocenters. The van der Waals surface area contributed by atoms with Gasteiger partial charge in [-0.15, -0.1) is 0 Å². The summed E-state index contributed by atoms with van der Waals surface area (Å²) in [5, 5.41) is 12.5. The molecule has 12 aromatic rings. The average Bonchev–Trinajstić information content (AvgIpc) is 3.94. The third kappa shape index (κ3) is 5.86. The Kier molecular flexibility index (Phi) is 9.35. The van der Waals surface area contributed by atoms with Crippen LogP contribution in [0.25, 0.3) is 50.0 Å². The van der Waals surface area contributed by atoms with Gasteiger partial charge in [-0.1, -0.05) is 188 Å². The lowest BCUT2D eigenvalue weighted by molar-refractivity contribution is 0.487. The van der Waals surface area contributed by atoms with Crippen LogP contribution in [-0.2, 0) is 7.05 Å². The molecular weight excluding hydrogens is 861 g/mol. The molecule has 0 fully saturated rings. The Morgan fingerprint density at radius 1 is 0.485 bits per heavy atom. The van der Waals surface area contributed by atoms with Crippen LogP contribution in [0.15, 0.2) is 249 Å². The first-order valence-corrected chi connectivity index (χ1v) is 27.2. The standard InChI is InChI=1S/C61H44N4OSi2/c1-64-53-35-15-14-34-52(53)63-60(64)43-21-18-31-49(41-43)67(45-23-6-2-7-24-45,46-25-8-3-9-26-46)50-32-19-22-44(42-50)65-54-38-39-56-59(58(54)51-33-20-40-62-61(51)65)68(47-27-10-4-11-28-47,48-29-12-5-13-30-48)57-37-17-16-36-55(57)66-56/h2-42H,1H3. The number of rotatable bonds is 8. The van der Waals surface area contributed by atoms with E-state index in [-0.39, 0.29) is 0 Å². The Bertz CT molecular complexity index is 3770. The van der Waals surface area contributed by atoms with Gasteiger partial charge in [0.15, 0.2) is 16.1 Å². The van der Waals surface area contributed by atoms with E-state index in [9.17, 15) is 0 Å². The summed E-state index contributed by atoms with van der Waals surface area (Å²) in [7, 11) is -3.97. The number of pyridine rings is 1. The van der Waals surface area contributed by atoms with E-state index in [1.807, 2.05) is 6.20 Å². The minimum atomic E-state index is -3.06. The Balaban J connectivity index is 1.10. The molecule has 3 aromatic heterocycles. The van der Waals surface area contributed by atoms with Gasteiger partial charge in [-0.05, 0) is 90.9 Å². The second-order valence-corrected chi connectivity index (χ2v) is 25.2. The van der Waals surface area contributed by atoms with Crippen LogP contribution in [0.4, 0.5) is 0 Å². The lowest BCUT2D eigenvalue weighted by Crippen LogP contribution is -2.76. The smallest absolute Gasteiger partial charge is 0.189 e. The van der Waals surface area contributed by atoms with Gasteiger partial charge in [0.25, 0.3) is 0 Å². The summed E-state index contributed by atoms with van der Waals surface area (Å²) in [5.41, 5.74) is 6.25. The quantitative estimate of drug-likeness (QED) is 0.114. The monoisotopic (exact) mass is 904 g/mol. The molecular formula is C61H44N4OSi2. The van der Waals surface area contributed by atoms with Gasteiger partial charge in [0.05, 0.1) is 16.6 Å². The lowest BCUT2D eigenvalue weighted by atomic mass is 10.2. The van der Waals surface area contributed by atoms with E-state index in [0.29, 0.717) is 0 Å². The Labute approximate surface area is 396 Å². The molecule has 0 amide bonds. The van der Waals surface area contributed by atoms with E-state index < -0.39 is 16.1 Å². The molecule has 0 aliphatic carbocycles. The summed E-state index contributed by atoms with van der Waals surface area (Å²) in [6.45, 7) is 0. The second kappa shape index (κ2) is 15.9. The highest BCUT2D eigenvalue weighted by Crippen LogP contribution is 2.38. The predicted octanol–water partition coefficient (Wildman–Crippen LogP) is 8.59. The number of ether oxygens (including phenoxy) is 1. The molecule has 0 N–H and O–H groups in total. The fraction of sp³-hybridized carbons (Fsp3) is 0.0164. The first-order valence-electron chi connectivity index (χ1n) is 23.2. The van der Waals surface area contributed by atoms with Crippen LogP contribution in [0.3, 0.4) is 0 Å². The highest BCUT2D eigenvalue weighted by atomic mass is 28.3. The predicted molar refractivity (Wildman–Crippen MR) is 286 cm³/mol. The first-order chi connectivity index (χ1) is 33.7. The van der Waals surface area contributed by atoms with Crippen molar-refractivity contribution in [3.8, 4) is 28.6 Å². The zero-order valence-electron chi connectivity index (χ0n) is 37.4. The second-order valence-electron chi connectivity index (χ2n) is 17.7. The van der Waals surface area contributed by atoms with Crippen LogP contribution in [0.2, 0.25) is 0 Å². The maximum atomic E-state index is 7.03. The fourth-order valence-electron chi connectivity index (χ4n) is 11.4. The number of fused-ring (bicyclic) bond motifs is 7. The third-order valence-electron chi connectivity index (χ3n) is 14.2. The van der Waals surface area contributed by atoms with Gasteiger partial charge >= 0.3 is 0 Å². The number of imidazole rings is 1. The van der Waals surface area contributed by atoms with E-state index in [1.54, 1.807) is 0 Å². The largest absolute Gasteiger partial charge is 0.458 e. The van der Waals surface area contributed by atoms with Crippen molar-refractivity contribution in [1.29, 1.82) is 0 Å². The van der Waals surface area contributed by atoms with E-state index in [0.717, 1.165) is 56.2 Å². The molecule has 0 radical (unpaired) electrons. The molecule has 0 atom stereocenters. The highest BCUT2D eigenvalue weighted by Gasteiger charge is 2.50. The number of hydrogen-bond acceptors (Lipinski definition) is 3. The van der Waals surface area contributed by atoms with Gasteiger partial charge in [0.1, 0.15) is 23.0 Å². The summed E-state index contributed by atoms with van der Waals surface area (Å²) < 4.78 is 11.6. The van der Waals surface area contributed by atoms with Crippen molar-refractivity contribution < 1.29 is 4.74 Å². The number of hydrogen-bond donors (Lipinski definition) is 0. The molecule has 13 rings (SSSR count). The fourth-order valence-corrected chi connectivity index (χ4v) is 21.4. The van der Waals surface area contributed by atoms with Crippen LogP contribution in [0, 0.1) is 0 Å². The van der Waals surface area contributed by atoms with E-state index in [1.165, 1.54) is 46.9 Å². The van der Waals surface area contributed by atoms with Crippen molar-refractivity contribution in [2.24, 2.45) is 7.05 Å². The first kappa shape index (κ1) is 40.0. The van der Waals surface area contributed by atoms with Crippen molar-refractivity contribution in [1.82, 2.24) is 19.1 Å². The van der Waals surface area contributed by atoms with Gasteiger partial charge in [0.2, 0.25) is 0 Å². The van der Waals surface area contributed by atoms with Crippen molar-refractivity contribution >= 4 is 90.6 Å². The molecule has 9 aromatic carbocycles. The lowest BCUT2D eigenvalue weighted by Gasteiger charge is -2.40. The Morgan fingerprint density at radius 3 is 1.79 bits per heavy atom. The zero-order valence-corrected chi connectivity index (χ0v) is 39.4. The van der Waals surface area contributed by atoms with Crippen molar-refractivity contribution in [3.05, 3.63) is 249 Å². The van der Waals surface area contributed by atoms with Gasteiger partial charge in [-0.3, -0.25) is 4.57 Å². The van der Waals surface area contributed by atoms with Crippen molar-refractivity contribution in [2.45, 2.75) is 0 Å². The summed E-state index contributed by atoms with van der Waals surface area (Å²) >= 11 is 0. The molecule has 7 heteroatoms. The van der Waals surface area contributed by atoms with E-state index in [4.69, 9.17) is 14.7 Å². The van der Waals surface area contributed by atoms with Gasteiger partial charge in [0, 0.05) is 40.5 Å². The normalized spacial score (nSPS) is 13.0. The molecule has 1 aliphatic heterocycles. The van der Waals surface area contributed by atoms with Crippen molar-refractivity contribution in [3.63, 3.8) is 0 Å². The highest BCUT2D eigenvalue weighted by molar-refractivity contribution is 7.22. The third-order valence-corrected chi connectivity index (χ3v) is 23.9. The van der Waals surface area contributed by atoms with Crippen LogP contribution >= 0.6 is 0 Å². The molecule has 4 heterocycles. The number of aryl methyl sites for hydroxylation is 1. The van der Waals surface area contributed by atoms with E-state index >= 15 is 0 Å². The minimum Gasteiger partial charge on any atom is -0.458 e. The Morgan fingerprint density at radius 2 is 1.09 bits per heavy atom. The number of para-hydroxylation sites is 3. The summed E-state index contributed by atoms with van der Waals surface area (Å²) in [6, 6.07) is 89.0. The molecule has 322 valence electrons. The average molecular weight is 905 g/mol. The van der Waals surface area contributed by atoms with Crippen LogP contribution in [0.1, 0.15) is 0 Å². The molecule has 0 saturated carbocycles. The van der Waals surface area contributed by atoms with Crippen LogP contribution in [-0.4, -0.2) is 35.2 Å². The maximum absolute atomic E-state index is 7.03. The maximum Gasteiger partial charge on any atom is 0.189 e. The van der Waals surface area contributed by atoms with Crippen LogP contribution < -0.4 is 46.2 Å². The zero-order chi connectivity index (χ0) is 45.2. The number of nitrogens with zero attached hydrogens (tertiary/aromatic N) is 4. The molecule has 5 nitrogen and oxygen atoms in total. The summed E-state index contributed by atoms with van der Waals surface area (Å²) in [4.78, 5) is 10.4. The molecule has 0 spiro atoms. The van der Waals surface area contributed by atoms with Crippen LogP contribution in [0.5, 0.6) is 11.5 Å². The van der Waals surface area contributed by atoms with Gasteiger partial charge in [-0.2, -0.15) is 0 Å². The summed E-state index contributed by atoms with van der Waals surface area (Å²) in [6.07, 6.45) is 1.93. The molecule has 1 aliphatic rings. The van der Waals surface area contributed by atoms with Gasteiger partial charge in [-0.25, -0.2) is 9.97 Å². The van der Waals surface area contributed by atoms with Gasteiger partial charge < -0.3 is 9.30 Å². The topological polar surface area (TPSA) is 44.9 Å². The SMILES string of the molecule is Cn1c(-c2cccc([Si](c3ccccc3)(c3ccccc3)c3cccc(-n4c5ccc6c(c5c5cccnc54)[Si](c4ccccc4)(c4ccccc4)c4ccccc4O6)c3)c2)nc2ccccc21. The summed E-state index contributed by atoms with van der Waals surface area (Å²) in [5.74, 6) is 2.76. The van der Waals surface area contributed by atoms with E-state index in [2.05, 4.69) is 259 Å². The van der Waals surface area contributed by atoms with Crippen molar-refractivity contribution in [2.75, 3.05) is 0 Å². The number of benzene rings is 9. The Hall–Kier alpha value is -8.37. The molecule has 0 saturated heterocycles. The molecule has 68 heavy (non-hydrogen) atoms. The minimum absolute atomic E-state index is 0.896.